The van der Waals surface area contributed by atoms with Crippen LogP contribution in [0, 0.1) is 6.92 Å². The number of hydrogen-bond acceptors (Lipinski definition) is 3. The molecule has 4 nitrogen and oxygen atoms in total. The van der Waals surface area contributed by atoms with E-state index in [1.54, 1.807) is 12.1 Å². The second kappa shape index (κ2) is 6.79. The summed E-state index contributed by atoms with van der Waals surface area (Å²) in [4.78, 5) is 11.9. The minimum atomic E-state index is -0.0714. The van der Waals surface area contributed by atoms with Crippen LogP contribution >= 0.6 is 0 Å². The fourth-order valence-electron chi connectivity index (χ4n) is 2.08. The van der Waals surface area contributed by atoms with Crippen molar-refractivity contribution in [2.75, 3.05) is 11.9 Å². The number of benzene rings is 2. The van der Waals surface area contributed by atoms with Crippen molar-refractivity contribution in [2.24, 2.45) is 0 Å². The van der Waals surface area contributed by atoms with Crippen molar-refractivity contribution in [2.45, 2.75) is 20.4 Å². The minimum Gasteiger partial charge on any atom is -0.508 e. The van der Waals surface area contributed by atoms with E-state index < -0.39 is 0 Å². The van der Waals surface area contributed by atoms with Gasteiger partial charge >= 0.3 is 0 Å². The van der Waals surface area contributed by atoms with Crippen LogP contribution in [0.15, 0.2) is 42.5 Å². The molecule has 0 aliphatic carbocycles. The number of carbonyl (C=O) groups excluding carboxylic acids is 1. The molecule has 0 bridgehead atoms. The van der Waals surface area contributed by atoms with E-state index in [0.717, 1.165) is 16.8 Å². The average Bonchev–Trinajstić information content (AvgIpc) is 2.46. The van der Waals surface area contributed by atoms with Gasteiger partial charge in [0.05, 0.1) is 0 Å². The predicted octanol–water partition coefficient (Wildman–Crippen LogP) is 3.06. The number of nitrogens with one attached hydrogen (secondary N) is 2. The van der Waals surface area contributed by atoms with Gasteiger partial charge in [0.15, 0.2) is 0 Å². The zero-order valence-corrected chi connectivity index (χ0v) is 12.3. The summed E-state index contributed by atoms with van der Waals surface area (Å²) in [6.07, 6.45) is 0. The second-order valence-electron chi connectivity index (χ2n) is 4.91. The van der Waals surface area contributed by atoms with Gasteiger partial charge in [-0.1, -0.05) is 18.2 Å². The van der Waals surface area contributed by atoms with Gasteiger partial charge < -0.3 is 15.7 Å². The number of amides is 1. The van der Waals surface area contributed by atoms with Gasteiger partial charge in [-0.2, -0.15) is 0 Å². The van der Waals surface area contributed by atoms with E-state index in [0.29, 0.717) is 18.7 Å². The van der Waals surface area contributed by atoms with E-state index in [-0.39, 0.29) is 11.7 Å². The Balaban J connectivity index is 2.12. The summed E-state index contributed by atoms with van der Waals surface area (Å²) < 4.78 is 0. The van der Waals surface area contributed by atoms with E-state index in [1.165, 1.54) is 0 Å². The molecule has 21 heavy (non-hydrogen) atoms. The number of phenolic OH excluding ortho intramolecular Hbond substituents is 1. The summed E-state index contributed by atoms with van der Waals surface area (Å²) in [5, 5.41) is 15.6. The maximum Gasteiger partial charge on any atom is 0.251 e. The number of aromatic hydroxyl groups is 1. The second-order valence-corrected chi connectivity index (χ2v) is 4.91. The van der Waals surface area contributed by atoms with Gasteiger partial charge in [-0.25, -0.2) is 0 Å². The summed E-state index contributed by atoms with van der Waals surface area (Å²) in [5.41, 5.74) is 3.61. The fraction of sp³-hybridized carbons (Fsp3) is 0.235. The van der Waals surface area contributed by atoms with Gasteiger partial charge in [0.25, 0.3) is 5.91 Å². The van der Waals surface area contributed by atoms with Crippen molar-refractivity contribution >= 4 is 11.6 Å². The average molecular weight is 284 g/mol. The van der Waals surface area contributed by atoms with Crippen molar-refractivity contribution in [3.8, 4) is 5.75 Å². The van der Waals surface area contributed by atoms with Gasteiger partial charge in [0.2, 0.25) is 0 Å². The molecule has 0 radical (unpaired) electrons. The topological polar surface area (TPSA) is 61.4 Å². The first-order chi connectivity index (χ1) is 10.1. The Morgan fingerprint density at radius 3 is 2.71 bits per heavy atom. The lowest BCUT2D eigenvalue weighted by Gasteiger charge is -2.12. The van der Waals surface area contributed by atoms with Crippen molar-refractivity contribution in [1.82, 2.24) is 5.32 Å². The highest BCUT2D eigenvalue weighted by Crippen LogP contribution is 2.19. The molecule has 0 aliphatic rings. The van der Waals surface area contributed by atoms with Gasteiger partial charge in [-0.3, -0.25) is 4.79 Å². The van der Waals surface area contributed by atoms with Crippen LogP contribution in [-0.4, -0.2) is 17.6 Å². The summed E-state index contributed by atoms with van der Waals surface area (Å²) in [6, 6.07) is 12.7. The Kier molecular flexibility index (Phi) is 4.82. The highest BCUT2D eigenvalue weighted by molar-refractivity contribution is 5.95. The molecule has 2 rings (SSSR count). The summed E-state index contributed by atoms with van der Waals surface area (Å²) in [6.45, 7) is 5.09. The highest BCUT2D eigenvalue weighted by atomic mass is 16.3. The molecule has 0 aromatic heterocycles. The van der Waals surface area contributed by atoms with Crippen molar-refractivity contribution in [3.05, 3.63) is 59.2 Å². The molecule has 4 heteroatoms. The molecular formula is C17H20N2O2. The number of hydrogen-bond donors (Lipinski definition) is 3. The maximum atomic E-state index is 11.9. The van der Waals surface area contributed by atoms with Gasteiger partial charge in [-0.15, -0.1) is 0 Å². The van der Waals surface area contributed by atoms with Crippen molar-refractivity contribution < 1.29 is 9.90 Å². The zero-order valence-electron chi connectivity index (χ0n) is 12.3. The van der Waals surface area contributed by atoms with Crippen LogP contribution in [0.3, 0.4) is 0 Å². The lowest BCUT2D eigenvalue weighted by Crippen LogP contribution is -2.22. The van der Waals surface area contributed by atoms with Crippen molar-refractivity contribution in [3.63, 3.8) is 0 Å². The molecule has 0 atom stereocenters. The van der Waals surface area contributed by atoms with E-state index in [9.17, 15) is 9.90 Å². The van der Waals surface area contributed by atoms with Crippen LogP contribution in [0.5, 0.6) is 5.75 Å². The molecule has 0 spiro atoms. The normalized spacial score (nSPS) is 10.2. The molecule has 0 aliphatic heterocycles. The number of carbonyl (C=O) groups is 1. The third-order valence-corrected chi connectivity index (χ3v) is 3.23. The Morgan fingerprint density at radius 1 is 1.19 bits per heavy atom. The van der Waals surface area contributed by atoms with Crippen LogP contribution in [0.25, 0.3) is 0 Å². The summed E-state index contributed by atoms with van der Waals surface area (Å²) >= 11 is 0. The lowest BCUT2D eigenvalue weighted by molar-refractivity contribution is 0.0956. The number of aryl methyl sites for hydroxylation is 1. The Hall–Kier alpha value is -2.49. The predicted molar refractivity (Wildman–Crippen MR) is 84.6 cm³/mol. The molecule has 110 valence electrons. The molecule has 2 aromatic carbocycles. The first-order valence-electron chi connectivity index (χ1n) is 7.00. The molecule has 1 amide bonds. The largest absolute Gasteiger partial charge is 0.508 e. The van der Waals surface area contributed by atoms with Gasteiger partial charge in [0.1, 0.15) is 5.75 Å². The Morgan fingerprint density at radius 2 is 2.00 bits per heavy atom. The number of anilines is 1. The minimum absolute atomic E-state index is 0.0714. The summed E-state index contributed by atoms with van der Waals surface area (Å²) in [5.74, 6) is 0.181. The first-order valence-corrected chi connectivity index (χ1v) is 7.00. The van der Waals surface area contributed by atoms with Crippen LogP contribution < -0.4 is 10.6 Å². The maximum absolute atomic E-state index is 11.9. The molecule has 0 unspecified atom stereocenters. The standard InChI is InChI=1S/C17H20N2O2/c1-3-18-17(21)14-8-7-12(2)16(10-14)19-11-13-5-4-6-15(20)9-13/h4-10,19-20H,3,11H2,1-2H3,(H,18,21). The number of rotatable bonds is 5. The van der Waals surface area contributed by atoms with E-state index in [4.69, 9.17) is 0 Å². The van der Waals surface area contributed by atoms with Gasteiger partial charge in [-0.05, 0) is 49.2 Å². The molecule has 0 fully saturated rings. The first kappa shape index (κ1) is 14.9. The third-order valence-electron chi connectivity index (χ3n) is 3.23. The summed E-state index contributed by atoms with van der Waals surface area (Å²) in [7, 11) is 0. The zero-order chi connectivity index (χ0) is 15.2. The molecular weight excluding hydrogens is 264 g/mol. The fourth-order valence-corrected chi connectivity index (χ4v) is 2.08. The Labute approximate surface area is 124 Å². The molecule has 0 saturated heterocycles. The van der Waals surface area contributed by atoms with Crippen molar-refractivity contribution in [1.29, 1.82) is 0 Å². The monoisotopic (exact) mass is 284 g/mol. The molecule has 2 aromatic rings. The Bertz CT molecular complexity index is 638. The highest BCUT2D eigenvalue weighted by Gasteiger charge is 2.07. The van der Waals surface area contributed by atoms with Crippen LogP contribution in [-0.2, 0) is 6.54 Å². The van der Waals surface area contributed by atoms with Crippen LogP contribution in [0.2, 0.25) is 0 Å². The third kappa shape index (κ3) is 3.99. The SMILES string of the molecule is CCNC(=O)c1ccc(C)c(NCc2cccc(O)c2)c1. The van der Waals surface area contributed by atoms with Crippen LogP contribution in [0.1, 0.15) is 28.4 Å². The smallest absolute Gasteiger partial charge is 0.251 e. The molecule has 3 N–H and O–H groups in total. The van der Waals surface area contributed by atoms with E-state index >= 15 is 0 Å². The number of phenols is 1. The lowest BCUT2D eigenvalue weighted by atomic mass is 10.1. The molecule has 0 heterocycles. The quantitative estimate of drug-likeness (QED) is 0.790. The van der Waals surface area contributed by atoms with E-state index in [1.807, 2.05) is 44.2 Å². The van der Waals surface area contributed by atoms with E-state index in [2.05, 4.69) is 10.6 Å². The molecule has 0 saturated carbocycles. The van der Waals surface area contributed by atoms with Crippen LogP contribution in [0.4, 0.5) is 5.69 Å². The van der Waals surface area contributed by atoms with Gasteiger partial charge in [0, 0.05) is 24.3 Å².